The van der Waals surface area contributed by atoms with Gasteiger partial charge in [0.25, 0.3) is 0 Å². The molecule has 8 nitrogen and oxygen atoms in total. The standard InChI is InChI=1S/C19H26N4O4S/c1-4-27-14-7-5-13(6-8-14)16-20-18(23-22-16)21-17(24)19(2,3)28(25)15-9-11-26-12-10-15/h5-8,15H,4,9-12H2,1-3H3,(H2,20,21,22,23,24). The molecule has 1 aromatic heterocycles. The molecule has 0 bridgehead atoms. The zero-order valence-electron chi connectivity index (χ0n) is 16.4. The number of amides is 1. The highest BCUT2D eigenvalue weighted by molar-refractivity contribution is 7.87. The minimum Gasteiger partial charge on any atom is -0.494 e. The van der Waals surface area contributed by atoms with E-state index in [2.05, 4.69) is 20.5 Å². The Morgan fingerprint density at radius 2 is 2.00 bits per heavy atom. The average Bonchev–Trinajstić information content (AvgIpc) is 3.17. The summed E-state index contributed by atoms with van der Waals surface area (Å²) in [6.45, 7) is 7.07. The van der Waals surface area contributed by atoms with E-state index in [-0.39, 0.29) is 17.1 Å². The number of aromatic amines is 1. The smallest absolute Gasteiger partial charge is 0.249 e. The van der Waals surface area contributed by atoms with Crippen LogP contribution in [0.5, 0.6) is 5.75 Å². The number of ether oxygens (including phenoxy) is 2. The molecule has 0 aliphatic carbocycles. The minimum absolute atomic E-state index is 0.0407. The lowest BCUT2D eigenvalue weighted by Gasteiger charge is -2.29. The number of carbonyl (C=O) groups excluding carboxylic acids is 1. The molecule has 0 saturated carbocycles. The molecule has 3 rings (SSSR count). The second kappa shape index (κ2) is 8.83. The molecule has 9 heteroatoms. The molecule has 28 heavy (non-hydrogen) atoms. The van der Waals surface area contributed by atoms with Crippen molar-refractivity contribution in [3.8, 4) is 17.1 Å². The van der Waals surface area contributed by atoms with Crippen molar-refractivity contribution in [2.24, 2.45) is 0 Å². The summed E-state index contributed by atoms with van der Waals surface area (Å²) in [5.41, 5.74) is 0.821. The van der Waals surface area contributed by atoms with Gasteiger partial charge in [0.1, 0.15) is 10.5 Å². The first-order valence-corrected chi connectivity index (χ1v) is 10.6. The van der Waals surface area contributed by atoms with Gasteiger partial charge in [-0.1, -0.05) is 0 Å². The van der Waals surface area contributed by atoms with Gasteiger partial charge in [0, 0.05) is 34.8 Å². The molecule has 1 atom stereocenters. The van der Waals surface area contributed by atoms with Gasteiger partial charge in [0.15, 0.2) is 5.82 Å². The van der Waals surface area contributed by atoms with E-state index in [1.165, 1.54) is 0 Å². The Morgan fingerprint density at radius 1 is 1.32 bits per heavy atom. The molecule has 0 spiro atoms. The number of rotatable bonds is 7. The number of carbonyl (C=O) groups is 1. The molecule has 152 valence electrons. The summed E-state index contributed by atoms with van der Waals surface area (Å²) in [4.78, 5) is 17.1. The minimum atomic E-state index is -1.33. The van der Waals surface area contributed by atoms with E-state index < -0.39 is 15.5 Å². The molecule has 1 aliphatic heterocycles. The highest BCUT2D eigenvalue weighted by atomic mass is 32.2. The van der Waals surface area contributed by atoms with Crippen LogP contribution in [0.2, 0.25) is 0 Å². The number of anilines is 1. The molecule has 1 fully saturated rings. The van der Waals surface area contributed by atoms with Gasteiger partial charge in [0.05, 0.1) is 6.61 Å². The SMILES string of the molecule is CCOc1ccc(-c2nc(NC(=O)C(C)(C)S(=O)C3CCOCC3)n[nH]2)cc1. The Hall–Kier alpha value is -2.26. The predicted octanol–water partition coefficient (Wildman–Crippen LogP) is 2.52. The van der Waals surface area contributed by atoms with Crippen molar-refractivity contribution in [1.82, 2.24) is 15.2 Å². The second-order valence-electron chi connectivity index (χ2n) is 7.04. The van der Waals surface area contributed by atoms with Gasteiger partial charge in [-0.3, -0.25) is 19.4 Å². The van der Waals surface area contributed by atoms with Crippen LogP contribution in [0.15, 0.2) is 24.3 Å². The molecular weight excluding hydrogens is 380 g/mol. The number of hydrogen-bond acceptors (Lipinski definition) is 6. The van der Waals surface area contributed by atoms with Crippen LogP contribution in [0.3, 0.4) is 0 Å². The fourth-order valence-electron chi connectivity index (χ4n) is 2.97. The van der Waals surface area contributed by atoms with Crippen LogP contribution in [0.1, 0.15) is 33.6 Å². The normalized spacial score (nSPS) is 16.5. The fourth-order valence-corrected chi connectivity index (χ4v) is 4.66. The van der Waals surface area contributed by atoms with Crippen LogP contribution < -0.4 is 10.1 Å². The van der Waals surface area contributed by atoms with Crippen molar-refractivity contribution in [3.05, 3.63) is 24.3 Å². The average molecular weight is 407 g/mol. The number of aromatic nitrogens is 3. The van der Waals surface area contributed by atoms with Crippen LogP contribution in [0.4, 0.5) is 5.95 Å². The monoisotopic (exact) mass is 406 g/mol. The Morgan fingerprint density at radius 3 is 2.64 bits per heavy atom. The van der Waals surface area contributed by atoms with Crippen molar-refractivity contribution in [2.75, 3.05) is 25.1 Å². The first-order chi connectivity index (χ1) is 13.4. The summed E-state index contributed by atoms with van der Waals surface area (Å²) >= 11 is 0. The molecule has 1 aromatic carbocycles. The first kappa shape index (κ1) is 20.5. The van der Waals surface area contributed by atoms with Crippen LogP contribution >= 0.6 is 0 Å². The maximum atomic E-state index is 12.9. The van der Waals surface area contributed by atoms with E-state index in [1.54, 1.807) is 13.8 Å². The van der Waals surface area contributed by atoms with Crippen molar-refractivity contribution >= 4 is 22.7 Å². The number of benzene rings is 1. The van der Waals surface area contributed by atoms with Gasteiger partial charge in [0.2, 0.25) is 11.9 Å². The molecule has 1 unspecified atom stereocenters. The summed E-state index contributed by atoms with van der Waals surface area (Å²) < 4.78 is 22.6. The number of H-pyrrole nitrogens is 1. The van der Waals surface area contributed by atoms with Crippen LogP contribution in [-0.4, -0.2) is 55.1 Å². The van der Waals surface area contributed by atoms with Crippen molar-refractivity contribution in [1.29, 1.82) is 0 Å². The maximum absolute atomic E-state index is 12.9. The zero-order valence-corrected chi connectivity index (χ0v) is 17.2. The Balaban J connectivity index is 1.66. The Labute approximate surface area is 166 Å². The van der Waals surface area contributed by atoms with Crippen molar-refractivity contribution in [2.45, 2.75) is 43.6 Å². The van der Waals surface area contributed by atoms with E-state index in [4.69, 9.17) is 9.47 Å². The number of nitrogens with zero attached hydrogens (tertiary/aromatic N) is 2. The van der Waals surface area contributed by atoms with Gasteiger partial charge in [-0.05, 0) is 57.9 Å². The van der Waals surface area contributed by atoms with Crippen molar-refractivity contribution in [3.63, 3.8) is 0 Å². The van der Waals surface area contributed by atoms with E-state index in [9.17, 15) is 9.00 Å². The summed E-state index contributed by atoms with van der Waals surface area (Å²) in [6.07, 6.45) is 1.40. The van der Waals surface area contributed by atoms with E-state index in [1.807, 2.05) is 31.2 Å². The number of hydrogen-bond donors (Lipinski definition) is 2. The number of nitrogens with one attached hydrogen (secondary N) is 2. The third-order valence-corrected chi connectivity index (χ3v) is 6.94. The lowest BCUT2D eigenvalue weighted by atomic mass is 10.2. The quantitative estimate of drug-likeness (QED) is 0.732. The summed E-state index contributed by atoms with van der Waals surface area (Å²) in [6, 6.07) is 7.42. The summed E-state index contributed by atoms with van der Waals surface area (Å²) in [5, 5.41) is 9.51. The third-order valence-electron chi connectivity index (χ3n) is 4.67. The first-order valence-electron chi connectivity index (χ1n) is 9.37. The highest BCUT2D eigenvalue weighted by Crippen LogP contribution is 2.25. The highest BCUT2D eigenvalue weighted by Gasteiger charge is 2.39. The molecule has 2 heterocycles. The summed E-state index contributed by atoms with van der Waals surface area (Å²) in [5.74, 6) is 1.10. The zero-order chi connectivity index (χ0) is 20.1. The molecule has 0 radical (unpaired) electrons. The van der Waals surface area contributed by atoms with Crippen LogP contribution in [0.25, 0.3) is 11.4 Å². The lowest BCUT2D eigenvalue weighted by Crippen LogP contribution is -2.46. The molecule has 2 aromatic rings. The van der Waals surface area contributed by atoms with Gasteiger partial charge in [-0.2, -0.15) is 4.98 Å². The van der Waals surface area contributed by atoms with Gasteiger partial charge in [-0.25, -0.2) is 0 Å². The van der Waals surface area contributed by atoms with Gasteiger partial charge < -0.3 is 9.47 Å². The lowest BCUT2D eigenvalue weighted by molar-refractivity contribution is -0.117. The van der Waals surface area contributed by atoms with E-state index in [0.29, 0.717) is 38.5 Å². The topological polar surface area (TPSA) is 106 Å². The maximum Gasteiger partial charge on any atom is 0.249 e. The Kier molecular flexibility index (Phi) is 6.46. The molecular formula is C19H26N4O4S. The van der Waals surface area contributed by atoms with E-state index in [0.717, 1.165) is 11.3 Å². The molecule has 1 amide bonds. The predicted molar refractivity (Wildman–Crippen MR) is 108 cm³/mol. The fraction of sp³-hybridized carbons (Fsp3) is 0.526. The molecule has 2 N–H and O–H groups in total. The van der Waals surface area contributed by atoms with Crippen LogP contribution in [0, 0.1) is 0 Å². The van der Waals surface area contributed by atoms with Crippen molar-refractivity contribution < 1.29 is 18.5 Å². The second-order valence-corrected chi connectivity index (χ2v) is 9.32. The van der Waals surface area contributed by atoms with Crippen LogP contribution in [-0.2, 0) is 20.3 Å². The summed E-state index contributed by atoms with van der Waals surface area (Å²) in [7, 11) is -1.33. The largest absolute Gasteiger partial charge is 0.494 e. The third kappa shape index (κ3) is 4.59. The molecule has 1 saturated heterocycles. The van der Waals surface area contributed by atoms with Gasteiger partial charge >= 0.3 is 0 Å². The Bertz CT molecular complexity index is 829. The van der Waals surface area contributed by atoms with Gasteiger partial charge in [-0.15, -0.1) is 5.10 Å². The molecule has 1 aliphatic rings. The van der Waals surface area contributed by atoms with E-state index >= 15 is 0 Å².